The van der Waals surface area contributed by atoms with Crippen LogP contribution < -0.4 is 0 Å². The standard InChI is InChI=1S/C9H10N2O2/c1-2-9(12)10-11(13)8-6-4-3-5-7-8/h3-7H,2H2,1H3/b11-10-. The second-order valence-corrected chi connectivity index (χ2v) is 2.46. The molecule has 0 aliphatic carbocycles. The number of hydrogen-bond acceptors (Lipinski definition) is 2. The van der Waals surface area contributed by atoms with Crippen LogP contribution in [0.5, 0.6) is 0 Å². The maximum Gasteiger partial charge on any atom is 0.309 e. The molecule has 0 fully saturated rings. The van der Waals surface area contributed by atoms with E-state index in [2.05, 4.69) is 5.11 Å². The molecule has 1 amide bonds. The summed E-state index contributed by atoms with van der Waals surface area (Å²) in [5, 5.41) is 14.4. The maximum atomic E-state index is 11.1. The number of benzene rings is 1. The molecule has 0 N–H and O–H groups in total. The SMILES string of the molecule is CCC(=O)/N=[N+](\[O-])c1ccccc1. The number of hydrogen-bond donors (Lipinski definition) is 0. The van der Waals surface area contributed by atoms with Gasteiger partial charge >= 0.3 is 5.91 Å². The molecule has 0 aliphatic rings. The molecule has 0 saturated heterocycles. The lowest BCUT2D eigenvalue weighted by atomic mass is 10.3. The summed E-state index contributed by atoms with van der Waals surface area (Å²) in [5.74, 6) is -0.418. The van der Waals surface area contributed by atoms with Crippen LogP contribution in [-0.2, 0) is 4.79 Å². The van der Waals surface area contributed by atoms with E-state index in [4.69, 9.17) is 0 Å². The first-order valence-electron chi connectivity index (χ1n) is 4.01. The minimum absolute atomic E-state index is 0.242. The summed E-state index contributed by atoms with van der Waals surface area (Å²) in [6.07, 6.45) is 0.242. The van der Waals surface area contributed by atoms with Crippen molar-refractivity contribution >= 4 is 11.6 Å². The average molecular weight is 178 g/mol. The largest absolute Gasteiger partial charge is 0.594 e. The van der Waals surface area contributed by atoms with Crippen LogP contribution in [0.1, 0.15) is 13.3 Å². The molecule has 1 rings (SSSR count). The Kier molecular flexibility index (Phi) is 3.14. The monoisotopic (exact) mass is 178 g/mol. The van der Waals surface area contributed by atoms with Gasteiger partial charge < -0.3 is 5.21 Å². The van der Waals surface area contributed by atoms with Gasteiger partial charge in [-0.15, -0.1) is 0 Å². The fourth-order valence-corrected chi connectivity index (χ4v) is 0.785. The van der Waals surface area contributed by atoms with E-state index in [0.717, 1.165) is 0 Å². The van der Waals surface area contributed by atoms with Gasteiger partial charge in [-0.3, -0.25) is 4.79 Å². The average Bonchev–Trinajstić information content (AvgIpc) is 2.19. The molecule has 0 atom stereocenters. The summed E-state index contributed by atoms with van der Waals surface area (Å²) < 4.78 is 0. The Balaban J connectivity index is 2.85. The molecular formula is C9H10N2O2. The Bertz CT molecular complexity index is 320. The molecule has 68 valence electrons. The van der Waals surface area contributed by atoms with Crippen LogP contribution in [0.4, 0.5) is 5.69 Å². The highest BCUT2D eigenvalue weighted by Gasteiger charge is 2.04. The Morgan fingerprint density at radius 2 is 2.08 bits per heavy atom. The van der Waals surface area contributed by atoms with Crippen molar-refractivity contribution in [2.24, 2.45) is 5.11 Å². The van der Waals surface area contributed by atoms with E-state index in [-0.39, 0.29) is 6.42 Å². The third-order valence-electron chi connectivity index (χ3n) is 1.48. The number of nitrogens with zero attached hydrogens (tertiary/aromatic N) is 2. The molecule has 0 radical (unpaired) electrons. The zero-order chi connectivity index (χ0) is 9.68. The maximum absolute atomic E-state index is 11.1. The van der Waals surface area contributed by atoms with Gasteiger partial charge in [-0.1, -0.05) is 25.1 Å². The van der Waals surface area contributed by atoms with Crippen molar-refractivity contribution in [2.75, 3.05) is 0 Å². The minimum atomic E-state index is -0.418. The van der Waals surface area contributed by atoms with Crippen LogP contribution in [0.15, 0.2) is 35.4 Å². The molecule has 0 unspecified atom stereocenters. The summed E-state index contributed by atoms with van der Waals surface area (Å²) in [5.41, 5.74) is 0.365. The smallest absolute Gasteiger partial charge is 0.309 e. The van der Waals surface area contributed by atoms with Gasteiger partial charge in [0.25, 0.3) is 0 Å². The number of carbonyl (C=O) groups is 1. The summed E-state index contributed by atoms with van der Waals surface area (Å²) in [4.78, 5) is 11.1. The van der Waals surface area contributed by atoms with Gasteiger partial charge in [-0.05, 0) is 4.86 Å². The number of rotatable bonds is 2. The first-order valence-corrected chi connectivity index (χ1v) is 4.01. The molecule has 0 heterocycles. The molecule has 1 aromatic rings. The van der Waals surface area contributed by atoms with E-state index in [1.165, 1.54) is 0 Å². The first kappa shape index (κ1) is 9.38. The predicted octanol–water partition coefficient (Wildman–Crippen LogP) is 2.22. The number of carbonyl (C=O) groups excluding carboxylic acids is 1. The van der Waals surface area contributed by atoms with Crippen molar-refractivity contribution in [3.05, 3.63) is 35.5 Å². The summed E-state index contributed by atoms with van der Waals surface area (Å²) in [7, 11) is 0. The Labute approximate surface area is 76.1 Å². The van der Waals surface area contributed by atoms with E-state index in [0.29, 0.717) is 10.5 Å². The van der Waals surface area contributed by atoms with Crippen LogP contribution in [0.2, 0.25) is 0 Å². The van der Waals surface area contributed by atoms with Gasteiger partial charge in [0.1, 0.15) is 0 Å². The van der Waals surface area contributed by atoms with Crippen LogP contribution in [0, 0.1) is 5.21 Å². The molecule has 0 bridgehead atoms. The van der Waals surface area contributed by atoms with Crippen LogP contribution in [0.25, 0.3) is 0 Å². The highest BCUT2D eigenvalue weighted by atomic mass is 16.5. The van der Waals surface area contributed by atoms with E-state index >= 15 is 0 Å². The third kappa shape index (κ3) is 2.66. The van der Waals surface area contributed by atoms with Gasteiger partial charge in [-0.25, -0.2) is 0 Å². The van der Waals surface area contributed by atoms with Gasteiger partial charge in [-0.2, -0.15) is 0 Å². The second-order valence-electron chi connectivity index (χ2n) is 2.46. The quantitative estimate of drug-likeness (QED) is 0.396. The molecular weight excluding hydrogens is 168 g/mol. The van der Waals surface area contributed by atoms with Crippen molar-refractivity contribution in [1.82, 2.24) is 0 Å². The van der Waals surface area contributed by atoms with E-state index in [9.17, 15) is 10.0 Å². The van der Waals surface area contributed by atoms with E-state index in [1.807, 2.05) is 0 Å². The molecule has 13 heavy (non-hydrogen) atoms. The van der Waals surface area contributed by atoms with Crippen LogP contribution in [0.3, 0.4) is 0 Å². The number of amides is 1. The van der Waals surface area contributed by atoms with Crippen molar-refractivity contribution < 1.29 is 9.66 Å². The minimum Gasteiger partial charge on any atom is -0.594 e. The third-order valence-corrected chi connectivity index (χ3v) is 1.48. The topological polar surface area (TPSA) is 55.5 Å². The fourth-order valence-electron chi connectivity index (χ4n) is 0.785. The molecule has 0 aromatic heterocycles. The summed E-state index contributed by atoms with van der Waals surface area (Å²) in [6.45, 7) is 1.66. The highest BCUT2D eigenvalue weighted by molar-refractivity contribution is 5.75. The van der Waals surface area contributed by atoms with E-state index in [1.54, 1.807) is 37.3 Å². The van der Waals surface area contributed by atoms with Crippen LogP contribution >= 0.6 is 0 Å². The lowest BCUT2D eigenvalue weighted by molar-refractivity contribution is -0.436. The van der Waals surface area contributed by atoms with E-state index < -0.39 is 5.91 Å². The van der Waals surface area contributed by atoms with Crippen LogP contribution in [-0.4, -0.2) is 10.8 Å². The van der Waals surface area contributed by atoms with Gasteiger partial charge in [0.05, 0.1) is 5.11 Å². The lowest BCUT2D eigenvalue weighted by Gasteiger charge is -1.96. The van der Waals surface area contributed by atoms with Crippen molar-refractivity contribution in [3.8, 4) is 0 Å². The van der Waals surface area contributed by atoms with Crippen molar-refractivity contribution in [1.29, 1.82) is 0 Å². The van der Waals surface area contributed by atoms with Crippen molar-refractivity contribution in [3.63, 3.8) is 0 Å². The fraction of sp³-hybridized carbons (Fsp3) is 0.222. The number of para-hydroxylation sites is 1. The molecule has 4 nitrogen and oxygen atoms in total. The Hall–Kier alpha value is -1.71. The Morgan fingerprint density at radius 3 is 2.62 bits per heavy atom. The predicted molar refractivity (Wildman–Crippen MR) is 47.5 cm³/mol. The number of azo groups is 1. The highest BCUT2D eigenvalue weighted by Crippen LogP contribution is 2.09. The molecule has 0 saturated carbocycles. The normalized spacial score (nSPS) is 11.3. The molecule has 0 aliphatic heterocycles. The lowest BCUT2D eigenvalue weighted by Crippen LogP contribution is -1.98. The van der Waals surface area contributed by atoms with Crippen molar-refractivity contribution in [2.45, 2.75) is 13.3 Å². The summed E-state index contributed by atoms with van der Waals surface area (Å²) >= 11 is 0. The molecule has 4 heteroatoms. The first-order chi connectivity index (χ1) is 6.24. The Morgan fingerprint density at radius 1 is 1.46 bits per heavy atom. The second kappa shape index (κ2) is 4.35. The van der Waals surface area contributed by atoms with Gasteiger partial charge in [0, 0.05) is 18.6 Å². The van der Waals surface area contributed by atoms with Gasteiger partial charge in [0.15, 0.2) is 0 Å². The zero-order valence-corrected chi connectivity index (χ0v) is 7.30. The van der Waals surface area contributed by atoms with Gasteiger partial charge in [0.2, 0.25) is 5.69 Å². The zero-order valence-electron chi connectivity index (χ0n) is 7.30. The molecule has 0 spiro atoms. The molecule has 1 aromatic carbocycles. The summed E-state index contributed by atoms with van der Waals surface area (Å²) in [6, 6.07) is 8.41.